The van der Waals surface area contributed by atoms with Crippen molar-refractivity contribution in [2.24, 2.45) is 5.92 Å². The molecule has 1 aromatic heterocycles. The van der Waals surface area contributed by atoms with Gasteiger partial charge in [-0.05, 0) is 43.1 Å². The molecule has 1 saturated carbocycles. The van der Waals surface area contributed by atoms with E-state index in [0.717, 1.165) is 23.3 Å². The highest BCUT2D eigenvalue weighted by Crippen LogP contribution is 2.39. The Labute approximate surface area is 126 Å². The second kappa shape index (κ2) is 6.39. The maximum atomic E-state index is 10.7. The van der Waals surface area contributed by atoms with Crippen molar-refractivity contribution in [2.45, 2.75) is 43.3 Å². The minimum absolute atomic E-state index is 0.0604. The average molecular weight is 313 g/mol. The van der Waals surface area contributed by atoms with Gasteiger partial charge in [0.15, 0.2) is 5.16 Å². The lowest BCUT2D eigenvalue weighted by atomic mass is 9.98. The van der Waals surface area contributed by atoms with E-state index in [1.807, 2.05) is 11.8 Å². The molecule has 0 radical (unpaired) electrons. The highest BCUT2D eigenvalue weighted by Gasteiger charge is 2.30. The third-order valence-corrected chi connectivity index (χ3v) is 5.76. The van der Waals surface area contributed by atoms with Crippen molar-refractivity contribution in [1.29, 1.82) is 0 Å². The fourth-order valence-corrected chi connectivity index (χ4v) is 4.53. The van der Waals surface area contributed by atoms with E-state index in [2.05, 4.69) is 14.8 Å². The lowest BCUT2D eigenvalue weighted by molar-refractivity contribution is -0.133. The first-order valence-electron chi connectivity index (χ1n) is 7.10. The van der Waals surface area contributed by atoms with E-state index in [1.165, 1.54) is 49.0 Å². The second-order valence-electron chi connectivity index (χ2n) is 5.44. The van der Waals surface area contributed by atoms with Crippen molar-refractivity contribution < 1.29 is 9.90 Å². The first-order chi connectivity index (χ1) is 9.74. The van der Waals surface area contributed by atoms with Gasteiger partial charge in [-0.15, -0.1) is 10.2 Å². The van der Waals surface area contributed by atoms with Crippen molar-refractivity contribution in [3.8, 4) is 0 Å². The van der Waals surface area contributed by atoms with Gasteiger partial charge in [0, 0.05) is 12.5 Å². The summed E-state index contributed by atoms with van der Waals surface area (Å²) in [5.41, 5.74) is 0. The molecule has 0 spiro atoms. The quantitative estimate of drug-likeness (QED) is 0.814. The SMILES string of the molecule is O=C(O)CSc1nnc(CC2CCSCC2)n1C1CC1. The van der Waals surface area contributed by atoms with Crippen LogP contribution in [0.3, 0.4) is 0 Å². The van der Waals surface area contributed by atoms with Gasteiger partial charge in [0.05, 0.1) is 5.75 Å². The minimum atomic E-state index is -0.800. The topological polar surface area (TPSA) is 68.0 Å². The Morgan fingerprint density at radius 3 is 2.70 bits per heavy atom. The van der Waals surface area contributed by atoms with Gasteiger partial charge in [0.2, 0.25) is 0 Å². The number of thioether (sulfide) groups is 2. The standard InChI is InChI=1S/C13H19N3O2S2/c17-12(18)8-20-13-15-14-11(16(13)10-1-2-10)7-9-3-5-19-6-4-9/h9-10H,1-8H2,(H,17,18). The number of carboxylic acid groups (broad SMARTS) is 1. The maximum Gasteiger partial charge on any atom is 0.313 e. The lowest BCUT2D eigenvalue weighted by Gasteiger charge is -2.21. The monoisotopic (exact) mass is 313 g/mol. The highest BCUT2D eigenvalue weighted by atomic mass is 32.2. The zero-order valence-corrected chi connectivity index (χ0v) is 13.0. The molecule has 1 N–H and O–H groups in total. The predicted molar refractivity (Wildman–Crippen MR) is 80.4 cm³/mol. The number of carboxylic acids is 1. The Morgan fingerprint density at radius 2 is 2.05 bits per heavy atom. The first kappa shape index (κ1) is 14.3. The number of rotatable bonds is 6. The molecule has 20 heavy (non-hydrogen) atoms. The van der Waals surface area contributed by atoms with E-state index in [4.69, 9.17) is 5.11 Å². The summed E-state index contributed by atoms with van der Waals surface area (Å²) in [5.74, 6) is 3.55. The summed E-state index contributed by atoms with van der Waals surface area (Å²) < 4.78 is 2.20. The van der Waals surface area contributed by atoms with Crippen molar-refractivity contribution in [2.75, 3.05) is 17.3 Å². The molecule has 1 saturated heterocycles. The molecule has 2 heterocycles. The van der Waals surface area contributed by atoms with Crippen LogP contribution in [0.2, 0.25) is 0 Å². The number of carbonyl (C=O) groups is 1. The van der Waals surface area contributed by atoms with Gasteiger partial charge >= 0.3 is 5.97 Å². The molecule has 110 valence electrons. The van der Waals surface area contributed by atoms with Crippen LogP contribution >= 0.6 is 23.5 Å². The Morgan fingerprint density at radius 1 is 1.30 bits per heavy atom. The van der Waals surface area contributed by atoms with Gasteiger partial charge in [-0.1, -0.05) is 11.8 Å². The number of hydrogen-bond donors (Lipinski definition) is 1. The van der Waals surface area contributed by atoms with E-state index in [0.29, 0.717) is 6.04 Å². The van der Waals surface area contributed by atoms with Crippen LogP contribution in [-0.4, -0.2) is 43.1 Å². The third-order valence-electron chi connectivity index (χ3n) is 3.78. The van der Waals surface area contributed by atoms with Crippen LogP contribution in [0.15, 0.2) is 5.16 Å². The summed E-state index contributed by atoms with van der Waals surface area (Å²) in [4.78, 5) is 10.7. The van der Waals surface area contributed by atoms with Gasteiger partial charge in [-0.2, -0.15) is 11.8 Å². The van der Waals surface area contributed by atoms with Crippen LogP contribution in [0.25, 0.3) is 0 Å². The average Bonchev–Trinajstić information content (AvgIpc) is 3.20. The van der Waals surface area contributed by atoms with Crippen LogP contribution in [0, 0.1) is 5.92 Å². The molecule has 2 fully saturated rings. The molecular weight excluding hydrogens is 294 g/mol. The molecular formula is C13H19N3O2S2. The molecule has 1 aliphatic carbocycles. The van der Waals surface area contributed by atoms with Gasteiger partial charge < -0.3 is 9.67 Å². The second-order valence-corrected chi connectivity index (χ2v) is 7.61. The predicted octanol–water partition coefficient (Wildman–Crippen LogP) is 2.48. The Balaban J connectivity index is 1.71. The molecule has 0 amide bonds. The molecule has 7 heteroatoms. The fraction of sp³-hybridized carbons (Fsp3) is 0.769. The number of aliphatic carboxylic acids is 1. The summed E-state index contributed by atoms with van der Waals surface area (Å²) >= 11 is 3.33. The van der Waals surface area contributed by atoms with Crippen molar-refractivity contribution in [1.82, 2.24) is 14.8 Å². The van der Waals surface area contributed by atoms with Crippen LogP contribution in [0.4, 0.5) is 0 Å². The summed E-state index contributed by atoms with van der Waals surface area (Å²) in [6, 6.07) is 0.509. The molecule has 0 unspecified atom stereocenters. The summed E-state index contributed by atoms with van der Waals surface area (Å²) in [6.07, 6.45) is 5.87. The lowest BCUT2D eigenvalue weighted by Crippen LogP contribution is -2.15. The fourth-order valence-electron chi connectivity index (χ4n) is 2.58. The van der Waals surface area contributed by atoms with E-state index in [1.54, 1.807) is 0 Å². The molecule has 1 aromatic rings. The molecule has 5 nitrogen and oxygen atoms in total. The van der Waals surface area contributed by atoms with Gasteiger partial charge in [-0.3, -0.25) is 4.79 Å². The van der Waals surface area contributed by atoms with Crippen molar-refractivity contribution in [3.63, 3.8) is 0 Å². The Kier molecular flexibility index (Phi) is 4.55. The van der Waals surface area contributed by atoms with Crippen LogP contribution in [-0.2, 0) is 11.2 Å². The van der Waals surface area contributed by atoms with Gasteiger partial charge in [-0.25, -0.2) is 0 Å². The van der Waals surface area contributed by atoms with Crippen LogP contribution < -0.4 is 0 Å². The molecule has 3 rings (SSSR count). The summed E-state index contributed by atoms with van der Waals surface area (Å²) in [6.45, 7) is 0. The van der Waals surface area contributed by atoms with Crippen LogP contribution in [0.1, 0.15) is 37.5 Å². The molecule has 1 aliphatic heterocycles. The molecule has 0 atom stereocenters. The van der Waals surface area contributed by atoms with E-state index < -0.39 is 5.97 Å². The van der Waals surface area contributed by atoms with Crippen molar-refractivity contribution in [3.05, 3.63) is 5.82 Å². The van der Waals surface area contributed by atoms with E-state index in [-0.39, 0.29) is 5.75 Å². The summed E-state index contributed by atoms with van der Waals surface area (Å²) in [5, 5.41) is 18.2. The van der Waals surface area contributed by atoms with E-state index in [9.17, 15) is 4.79 Å². The Hall–Kier alpha value is -0.690. The van der Waals surface area contributed by atoms with Gasteiger partial charge in [0.25, 0.3) is 0 Å². The first-order valence-corrected chi connectivity index (χ1v) is 9.24. The van der Waals surface area contributed by atoms with Gasteiger partial charge in [0.1, 0.15) is 5.82 Å². The smallest absolute Gasteiger partial charge is 0.313 e. The number of nitrogens with zero attached hydrogens (tertiary/aromatic N) is 3. The van der Waals surface area contributed by atoms with E-state index >= 15 is 0 Å². The molecule has 0 bridgehead atoms. The Bertz CT molecular complexity index is 482. The largest absolute Gasteiger partial charge is 0.481 e. The maximum absolute atomic E-state index is 10.7. The molecule has 2 aliphatic rings. The number of aromatic nitrogens is 3. The molecule has 0 aromatic carbocycles. The van der Waals surface area contributed by atoms with Crippen LogP contribution in [0.5, 0.6) is 0 Å². The number of hydrogen-bond acceptors (Lipinski definition) is 5. The van der Waals surface area contributed by atoms with Crippen molar-refractivity contribution >= 4 is 29.5 Å². The third kappa shape index (κ3) is 3.49. The summed E-state index contributed by atoms with van der Waals surface area (Å²) in [7, 11) is 0. The zero-order chi connectivity index (χ0) is 13.9. The highest BCUT2D eigenvalue weighted by molar-refractivity contribution is 7.99. The minimum Gasteiger partial charge on any atom is -0.481 e. The normalized spacial score (nSPS) is 20.2. The zero-order valence-electron chi connectivity index (χ0n) is 11.3.